The Morgan fingerprint density at radius 1 is 0.950 bits per heavy atom. The number of rotatable bonds is 4. The van der Waals surface area contributed by atoms with E-state index in [2.05, 4.69) is 42.2 Å². The third kappa shape index (κ3) is 7.69. The monoisotopic (exact) mass is 277 g/mol. The van der Waals surface area contributed by atoms with Crippen molar-refractivity contribution in [2.45, 2.75) is 66.8 Å². The minimum Gasteiger partial charge on any atom is -0.299 e. The van der Waals surface area contributed by atoms with Gasteiger partial charge in [-0.05, 0) is 37.4 Å². The number of nitrogens with zero attached hydrogens (tertiary/aromatic N) is 1. The van der Waals surface area contributed by atoms with Crippen molar-refractivity contribution in [1.82, 2.24) is 4.90 Å². The molecule has 2 rings (SSSR count). The van der Waals surface area contributed by atoms with E-state index in [1.165, 1.54) is 44.3 Å². The Morgan fingerprint density at radius 2 is 1.50 bits per heavy atom. The summed E-state index contributed by atoms with van der Waals surface area (Å²) in [6.45, 7) is 14.0. The van der Waals surface area contributed by atoms with E-state index in [9.17, 15) is 0 Å². The van der Waals surface area contributed by atoms with E-state index in [-0.39, 0.29) is 0 Å². The lowest BCUT2D eigenvalue weighted by atomic mass is 9.92. The number of piperidine rings is 1. The fourth-order valence-electron chi connectivity index (χ4n) is 2.68. The normalized spacial score (nSPS) is 15.7. The number of hydrogen-bond donors (Lipinski definition) is 0. The van der Waals surface area contributed by atoms with Crippen molar-refractivity contribution >= 4 is 0 Å². The molecule has 1 heteroatoms. The van der Waals surface area contributed by atoms with Gasteiger partial charge in [-0.3, -0.25) is 4.90 Å². The number of likely N-dealkylation sites (tertiary alicyclic amines) is 1. The SMILES string of the molecule is CC.CC.CCCC1CCN(Cc2ccccc2)CC1. The average Bonchev–Trinajstić information content (AvgIpc) is 2.54. The highest BCUT2D eigenvalue weighted by Crippen LogP contribution is 2.22. The molecule has 0 aliphatic carbocycles. The molecule has 0 aromatic heterocycles. The molecule has 0 bridgehead atoms. The molecular formula is C19H35N. The van der Waals surface area contributed by atoms with Gasteiger partial charge >= 0.3 is 0 Å². The van der Waals surface area contributed by atoms with Crippen LogP contribution >= 0.6 is 0 Å². The highest BCUT2D eigenvalue weighted by molar-refractivity contribution is 5.14. The van der Waals surface area contributed by atoms with Crippen LogP contribution < -0.4 is 0 Å². The molecule has 1 aliphatic heterocycles. The van der Waals surface area contributed by atoms with Crippen LogP contribution in [0.2, 0.25) is 0 Å². The first-order chi connectivity index (χ1) is 9.88. The predicted octanol–water partition coefficient (Wildman–Crippen LogP) is 5.75. The summed E-state index contributed by atoms with van der Waals surface area (Å²) in [5, 5.41) is 0. The Balaban J connectivity index is 0.000000829. The Labute approximate surface area is 127 Å². The minimum absolute atomic E-state index is 0.997. The maximum atomic E-state index is 2.60. The Morgan fingerprint density at radius 3 is 2.00 bits per heavy atom. The first-order valence-corrected chi connectivity index (χ1v) is 8.64. The topological polar surface area (TPSA) is 3.24 Å². The summed E-state index contributed by atoms with van der Waals surface area (Å²) in [4.78, 5) is 2.60. The lowest BCUT2D eigenvalue weighted by Gasteiger charge is -2.31. The summed E-state index contributed by atoms with van der Waals surface area (Å²) in [6.07, 6.45) is 5.59. The van der Waals surface area contributed by atoms with Crippen molar-refractivity contribution < 1.29 is 0 Å². The summed E-state index contributed by atoms with van der Waals surface area (Å²) in [7, 11) is 0. The van der Waals surface area contributed by atoms with Gasteiger partial charge in [0.1, 0.15) is 0 Å². The molecule has 0 spiro atoms. The molecule has 0 N–H and O–H groups in total. The van der Waals surface area contributed by atoms with Crippen LogP contribution in [0.25, 0.3) is 0 Å². The first kappa shape index (κ1) is 19.2. The molecule has 1 fully saturated rings. The Hall–Kier alpha value is -0.820. The zero-order valence-electron chi connectivity index (χ0n) is 14.4. The van der Waals surface area contributed by atoms with Gasteiger partial charge < -0.3 is 0 Å². The van der Waals surface area contributed by atoms with Gasteiger partial charge in [-0.2, -0.15) is 0 Å². The standard InChI is InChI=1S/C15H23N.2C2H6/c1-2-6-14-9-11-16(12-10-14)13-15-7-4-3-5-8-15;2*1-2/h3-5,7-8,14H,2,6,9-13H2,1H3;2*1-2H3. The molecule has 1 nitrogen and oxygen atoms in total. The van der Waals surface area contributed by atoms with Crippen LogP contribution in [0.15, 0.2) is 30.3 Å². The quantitative estimate of drug-likeness (QED) is 0.677. The Bertz CT molecular complexity index is 286. The van der Waals surface area contributed by atoms with Crippen LogP contribution in [-0.4, -0.2) is 18.0 Å². The van der Waals surface area contributed by atoms with Gasteiger partial charge in [-0.15, -0.1) is 0 Å². The molecule has 1 aromatic rings. The molecule has 1 aromatic carbocycles. The first-order valence-electron chi connectivity index (χ1n) is 8.64. The van der Waals surface area contributed by atoms with E-state index in [0.717, 1.165) is 12.5 Å². The van der Waals surface area contributed by atoms with Crippen LogP contribution in [0.4, 0.5) is 0 Å². The molecule has 20 heavy (non-hydrogen) atoms. The van der Waals surface area contributed by atoms with Gasteiger partial charge in [0, 0.05) is 6.54 Å². The average molecular weight is 277 g/mol. The number of benzene rings is 1. The fourth-order valence-corrected chi connectivity index (χ4v) is 2.68. The molecular weight excluding hydrogens is 242 g/mol. The summed E-state index contributed by atoms with van der Waals surface area (Å²) >= 11 is 0. The van der Waals surface area contributed by atoms with E-state index in [1.807, 2.05) is 27.7 Å². The highest BCUT2D eigenvalue weighted by Gasteiger charge is 2.18. The lowest BCUT2D eigenvalue weighted by Crippen LogP contribution is -2.33. The zero-order chi connectivity index (χ0) is 15.2. The molecule has 0 radical (unpaired) electrons. The van der Waals surface area contributed by atoms with E-state index in [4.69, 9.17) is 0 Å². The van der Waals surface area contributed by atoms with Crippen molar-refractivity contribution in [3.05, 3.63) is 35.9 Å². The van der Waals surface area contributed by atoms with E-state index < -0.39 is 0 Å². The van der Waals surface area contributed by atoms with Gasteiger partial charge in [0.05, 0.1) is 0 Å². The van der Waals surface area contributed by atoms with Crippen molar-refractivity contribution in [2.75, 3.05) is 13.1 Å². The second-order valence-corrected chi connectivity index (χ2v) is 4.99. The van der Waals surface area contributed by atoms with Crippen LogP contribution in [0, 0.1) is 5.92 Å². The molecule has 0 amide bonds. The van der Waals surface area contributed by atoms with Gasteiger partial charge in [-0.1, -0.05) is 77.8 Å². The van der Waals surface area contributed by atoms with Crippen LogP contribution in [-0.2, 0) is 6.54 Å². The van der Waals surface area contributed by atoms with Crippen molar-refractivity contribution in [3.8, 4) is 0 Å². The van der Waals surface area contributed by atoms with Crippen molar-refractivity contribution in [1.29, 1.82) is 0 Å². The van der Waals surface area contributed by atoms with Gasteiger partial charge in [0.2, 0.25) is 0 Å². The Kier molecular flexibility index (Phi) is 12.6. The molecule has 0 saturated carbocycles. The van der Waals surface area contributed by atoms with Gasteiger partial charge in [0.25, 0.3) is 0 Å². The molecule has 116 valence electrons. The second kappa shape index (κ2) is 13.2. The smallest absolute Gasteiger partial charge is 0.0233 e. The summed E-state index contributed by atoms with van der Waals surface area (Å²) in [6, 6.07) is 10.8. The lowest BCUT2D eigenvalue weighted by molar-refractivity contribution is 0.172. The van der Waals surface area contributed by atoms with E-state index in [1.54, 1.807) is 0 Å². The molecule has 1 saturated heterocycles. The summed E-state index contributed by atoms with van der Waals surface area (Å²) in [5.41, 5.74) is 1.46. The van der Waals surface area contributed by atoms with Crippen LogP contribution in [0.3, 0.4) is 0 Å². The van der Waals surface area contributed by atoms with Crippen LogP contribution in [0.5, 0.6) is 0 Å². The number of hydrogen-bond acceptors (Lipinski definition) is 1. The largest absolute Gasteiger partial charge is 0.299 e. The van der Waals surface area contributed by atoms with Crippen molar-refractivity contribution in [2.24, 2.45) is 5.92 Å². The maximum absolute atomic E-state index is 2.60. The third-order valence-corrected chi connectivity index (χ3v) is 3.65. The second-order valence-electron chi connectivity index (χ2n) is 4.99. The predicted molar refractivity (Wildman–Crippen MR) is 92.0 cm³/mol. The van der Waals surface area contributed by atoms with Crippen LogP contribution in [0.1, 0.15) is 65.9 Å². The van der Waals surface area contributed by atoms with E-state index in [0.29, 0.717) is 0 Å². The minimum atomic E-state index is 0.997. The molecule has 0 unspecified atom stereocenters. The summed E-state index contributed by atoms with van der Waals surface area (Å²) < 4.78 is 0. The van der Waals surface area contributed by atoms with Gasteiger partial charge in [-0.25, -0.2) is 0 Å². The maximum Gasteiger partial charge on any atom is 0.0233 e. The molecule has 0 atom stereocenters. The zero-order valence-corrected chi connectivity index (χ0v) is 14.4. The summed E-state index contributed by atoms with van der Waals surface area (Å²) in [5.74, 6) is 0.997. The van der Waals surface area contributed by atoms with Gasteiger partial charge in [0.15, 0.2) is 0 Å². The third-order valence-electron chi connectivity index (χ3n) is 3.65. The highest BCUT2D eigenvalue weighted by atomic mass is 15.1. The fraction of sp³-hybridized carbons (Fsp3) is 0.684. The van der Waals surface area contributed by atoms with E-state index >= 15 is 0 Å². The molecule has 1 heterocycles. The van der Waals surface area contributed by atoms with Crippen molar-refractivity contribution in [3.63, 3.8) is 0 Å². The molecule has 1 aliphatic rings.